The molecule has 0 amide bonds. The van der Waals surface area contributed by atoms with Gasteiger partial charge in [-0.2, -0.15) is 5.10 Å². The van der Waals surface area contributed by atoms with E-state index in [1.165, 1.54) is 5.69 Å². The van der Waals surface area contributed by atoms with Crippen LogP contribution in [-0.4, -0.2) is 48.6 Å². The third-order valence-corrected chi connectivity index (χ3v) is 3.83. The van der Waals surface area contributed by atoms with E-state index in [0.29, 0.717) is 0 Å². The summed E-state index contributed by atoms with van der Waals surface area (Å²) in [5, 5.41) is 16.0. The number of hydrogen-bond donors (Lipinski definition) is 1. The second-order valence-corrected chi connectivity index (χ2v) is 5.19. The van der Waals surface area contributed by atoms with Gasteiger partial charge in [0.05, 0.1) is 12.3 Å². The third-order valence-electron chi connectivity index (χ3n) is 3.83. The van der Waals surface area contributed by atoms with Gasteiger partial charge in [0.2, 0.25) is 0 Å². The molecule has 0 bridgehead atoms. The minimum Gasteiger partial charge on any atom is -0.393 e. The van der Waals surface area contributed by atoms with Gasteiger partial charge in [-0.05, 0) is 44.4 Å². The lowest BCUT2D eigenvalue weighted by Crippen LogP contribution is -2.32. The Bertz CT molecular complexity index is 418. The Labute approximate surface area is 121 Å². The molecule has 1 heterocycles. The van der Waals surface area contributed by atoms with E-state index in [1.807, 2.05) is 11.2 Å². The van der Waals surface area contributed by atoms with Crippen molar-refractivity contribution in [2.24, 2.45) is 5.10 Å². The normalized spacial score (nSPS) is 16.9. The molecule has 20 heavy (non-hydrogen) atoms. The van der Waals surface area contributed by atoms with Crippen LogP contribution in [0.25, 0.3) is 0 Å². The van der Waals surface area contributed by atoms with Crippen LogP contribution < -0.4 is 4.90 Å². The molecule has 2 rings (SSSR count). The number of hydrogen-bond acceptors (Lipinski definition) is 4. The van der Waals surface area contributed by atoms with E-state index in [0.717, 1.165) is 44.6 Å². The number of piperidine rings is 1. The van der Waals surface area contributed by atoms with Crippen LogP contribution in [0, 0.1) is 0 Å². The fourth-order valence-electron chi connectivity index (χ4n) is 2.48. The number of hydrazone groups is 1. The Hall–Kier alpha value is -1.55. The summed E-state index contributed by atoms with van der Waals surface area (Å²) in [5.74, 6) is 0. The zero-order chi connectivity index (χ0) is 14.4. The van der Waals surface area contributed by atoms with Crippen molar-refractivity contribution in [3.8, 4) is 0 Å². The van der Waals surface area contributed by atoms with Crippen molar-refractivity contribution in [3.05, 3.63) is 29.8 Å². The first-order chi connectivity index (χ1) is 9.72. The molecule has 1 aromatic carbocycles. The van der Waals surface area contributed by atoms with Crippen molar-refractivity contribution < 1.29 is 5.11 Å². The molecule has 0 saturated carbocycles. The summed E-state index contributed by atoms with van der Waals surface area (Å²) in [7, 11) is 0. The second kappa shape index (κ2) is 7.29. The Kier molecular flexibility index (Phi) is 5.41. The predicted octanol–water partition coefficient (Wildman–Crippen LogP) is 2.32. The van der Waals surface area contributed by atoms with Gasteiger partial charge in [0.1, 0.15) is 0 Å². The number of anilines is 1. The molecule has 1 aromatic rings. The van der Waals surface area contributed by atoms with E-state index in [2.05, 4.69) is 48.1 Å². The smallest absolute Gasteiger partial charge is 0.0575 e. The van der Waals surface area contributed by atoms with Crippen LogP contribution in [0.3, 0.4) is 0 Å². The van der Waals surface area contributed by atoms with E-state index in [4.69, 9.17) is 0 Å². The highest BCUT2D eigenvalue weighted by Crippen LogP contribution is 2.14. The Morgan fingerprint density at radius 2 is 1.80 bits per heavy atom. The SMILES string of the molecule is CCN(CC)c1ccc(/C=N/N2CCC(O)CC2)cc1. The molecule has 0 aliphatic carbocycles. The molecule has 4 nitrogen and oxygen atoms in total. The second-order valence-electron chi connectivity index (χ2n) is 5.19. The van der Waals surface area contributed by atoms with Gasteiger partial charge < -0.3 is 10.0 Å². The van der Waals surface area contributed by atoms with Gasteiger partial charge in [-0.25, -0.2) is 0 Å². The lowest BCUT2D eigenvalue weighted by atomic mass is 10.1. The van der Waals surface area contributed by atoms with Crippen molar-refractivity contribution in [2.45, 2.75) is 32.8 Å². The Morgan fingerprint density at radius 3 is 2.35 bits per heavy atom. The molecule has 1 aliphatic rings. The maximum absolute atomic E-state index is 9.46. The van der Waals surface area contributed by atoms with Crippen molar-refractivity contribution in [1.29, 1.82) is 0 Å². The first kappa shape index (κ1) is 14.9. The maximum atomic E-state index is 9.46. The first-order valence-electron chi connectivity index (χ1n) is 7.55. The van der Waals surface area contributed by atoms with Crippen molar-refractivity contribution in [1.82, 2.24) is 5.01 Å². The zero-order valence-electron chi connectivity index (χ0n) is 12.5. The molecular formula is C16H25N3O. The van der Waals surface area contributed by atoms with E-state index >= 15 is 0 Å². The van der Waals surface area contributed by atoms with Gasteiger partial charge in [0.25, 0.3) is 0 Å². The summed E-state index contributed by atoms with van der Waals surface area (Å²) in [6.45, 7) is 8.08. The Morgan fingerprint density at radius 1 is 1.20 bits per heavy atom. The molecule has 0 unspecified atom stereocenters. The van der Waals surface area contributed by atoms with Gasteiger partial charge >= 0.3 is 0 Å². The molecule has 1 N–H and O–H groups in total. The zero-order valence-corrected chi connectivity index (χ0v) is 12.5. The van der Waals surface area contributed by atoms with Crippen LogP contribution in [0.15, 0.2) is 29.4 Å². The predicted molar refractivity (Wildman–Crippen MR) is 84.4 cm³/mol. The van der Waals surface area contributed by atoms with Gasteiger partial charge in [-0.1, -0.05) is 12.1 Å². The highest BCUT2D eigenvalue weighted by atomic mass is 16.3. The van der Waals surface area contributed by atoms with Crippen LogP contribution in [0.1, 0.15) is 32.3 Å². The third kappa shape index (κ3) is 3.97. The van der Waals surface area contributed by atoms with E-state index in [1.54, 1.807) is 0 Å². The van der Waals surface area contributed by atoms with Gasteiger partial charge in [0.15, 0.2) is 0 Å². The standard InChI is InChI=1S/C16H25N3O/c1-3-18(4-2)15-7-5-14(6-8-15)13-17-19-11-9-16(20)10-12-19/h5-8,13,16,20H,3-4,9-12H2,1-2H3/b17-13+. The highest BCUT2D eigenvalue weighted by molar-refractivity contribution is 5.80. The molecule has 1 saturated heterocycles. The van der Waals surface area contributed by atoms with Crippen LogP contribution in [0.2, 0.25) is 0 Å². The summed E-state index contributed by atoms with van der Waals surface area (Å²) in [5.41, 5.74) is 2.38. The highest BCUT2D eigenvalue weighted by Gasteiger charge is 2.14. The average molecular weight is 275 g/mol. The lowest BCUT2D eigenvalue weighted by Gasteiger charge is -2.26. The maximum Gasteiger partial charge on any atom is 0.0575 e. The van der Waals surface area contributed by atoms with E-state index < -0.39 is 0 Å². The average Bonchev–Trinajstić information content (AvgIpc) is 2.49. The van der Waals surface area contributed by atoms with Crippen LogP contribution in [0.5, 0.6) is 0 Å². The lowest BCUT2D eigenvalue weighted by molar-refractivity contribution is 0.0846. The molecule has 1 aliphatic heterocycles. The Balaban J connectivity index is 1.93. The van der Waals surface area contributed by atoms with Crippen LogP contribution >= 0.6 is 0 Å². The monoisotopic (exact) mass is 275 g/mol. The number of aliphatic hydroxyl groups is 1. The first-order valence-corrected chi connectivity index (χ1v) is 7.55. The fraction of sp³-hybridized carbons (Fsp3) is 0.562. The molecule has 1 fully saturated rings. The van der Waals surface area contributed by atoms with Gasteiger partial charge in [-0.15, -0.1) is 0 Å². The van der Waals surface area contributed by atoms with Crippen molar-refractivity contribution in [2.75, 3.05) is 31.1 Å². The number of benzene rings is 1. The molecule has 0 spiro atoms. The summed E-state index contributed by atoms with van der Waals surface area (Å²) >= 11 is 0. The molecule has 4 heteroatoms. The quantitative estimate of drug-likeness (QED) is 0.838. The largest absolute Gasteiger partial charge is 0.393 e. The minimum atomic E-state index is -0.144. The number of aliphatic hydroxyl groups excluding tert-OH is 1. The van der Waals surface area contributed by atoms with E-state index in [-0.39, 0.29) is 6.10 Å². The summed E-state index contributed by atoms with van der Waals surface area (Å²) < 4.78 is 0. The fourth-order valence-corrected chi connectivity index (χ4v) is 2.48. The topological polar surface area (TPSA) is 39.1 Å². The van der Waals surface area contributed by atoms with E-state index in [9.17, 15) is 5.11 Å². The summed E-state index contributed by atoms with van der Waals surface area (Å²) in [6.07, 6.45) is 3.40. The van der Waals surface area contributed by atoms with Crippen LogP contribution in [-0.2, 0) is 0 Å². The summed E-state index contributed by atoms with van der Waals surface area (Å²) in [4.78, 5) is 2.33. The number of nitrogens with zero attached hydrogens (tertiary/aromatic N) is 3. The minimum absolute atomic E-state index is 0.144. The van der Waals surface area contributed by atoms with Crippen molar-refractivity contribution in [3.63, 3.8) is 0 Å². The molecule has 110 valence electrons. The number of rotatable bonds is 5. The van der Waals surface area contributed by atoms with Gasteiger partial charge in [-0.3, -0.25) is 5.01 Å². The molecule has 0 aromatic heterocycles. The molecule has 0 radical (unpaired) electrons. The van der Waals surface area contributed by atoms with Crippen LogP contribution in [0.4, 0.5) is 5.69 Å². The molecular weight excluding hydrogens is 250 g/mol. The summed E-state index contributed by atoms with van der Waals surface area (Å²) in [6, 6.07) is 8.51. The molecule has 0 atom stereocenters. The van der Waals surface area contributed by atoms with Gasteiger partial charge in [0, 0.05) is 31.9 Å². The van der Waals surface area contributed by atoms with Crippen molar-refractivity contribution >= 4 is 11.9 Å².